The van der Waals surface area contributed by atoms with Gasteiger partial charge in [0.25, 0.3) is 0 Å². The summed E-state index contributed by atoms with van der Waals surface area (Å²) in [7, 11) is 0. The molecule has 0 bridgehead atoms. The van der Waals surface area contributed by atoms with Crippen molar-refractivity contribution in [2.75, 3.05) is 13.2 Å². The summed E-state index contributed by atoms with van der Waals surface area (Å²) in [6, 6.07) is 27.6. The van der Waals surface area contributed by atoms with Crippen molar-refractivity contribution >= 4 is 29.9 Å². The van der Waals surface area contributed by atoms with Crippen LogP contribution in [0.4, 0.5) is 0 Å². The first-order chi connectivity index (χ1) is 14.6. The van der Waals surface area contributed by atoms with E-state index in [1.54, 1.807) is 0 Å². The third kappa shape index (κ3) is 5.77. The van der Waals surface area contributed by atoms with Crippen LogP contribution in [-0.4, -0.2) is 24.2 Å². The number of aliphatic imine (C=N–C) groups is 1. The van der Waals surface area contributed by atoms with E-state index >= 15 is 0 Å². The topological polar surface area (TPSA) is 79.9 Å². The summed E-state index contributed by atoms with van der Waals surface area (Å²) >= 11 is 0. The van der Waals surface area contributed by atoms with Crippen molar-refractivity contribution in [3.63, 3.8) is 0 Å². The van der Waals surface area contributed by atoms with E-state index in [9.17, 15) is 5.11 Å². The highest BCUT2D eigenvalue weighted by molar-refractivity contribution is 14.0. The molecule has 4 rings (SSSR count). The van der Waals surface area contributed by atoms with Crippen molar-refractivity contribution in [2.45, 2.75) is 24.5 Å². The van der Waals surface area contributed by atoms with Crippen molar-refractivity contribution < 1.29 is 9.84 Å². The highest BCUT2D eigenvalue weighted by atomic mass is 127. The molecule has 0 aliphatic carbocycles. The monoisotopic (exact) mass is 529 g/mol. The van der Waals surface area contributed by atoms with Gasteiger partial charge in [0.2, 0.25) is 0 Å². The molecular weight excluding hydrogens is 501 g/mol. The van der Waals surface area contributed by atoms with Crippen LogP contribution in [0.2, 0.25) is 0 Å². The number of halogens is 1. The number of hydrogen-bond donors (Lipinski definition) is 3. The average Bonchev–Trinajstić information content (AvgIpc) is 2.79. The van der Waals surface area contributed by atoms with E-state index in [0.717, 1.165) is 28.9 Å². The standard InChI is InChI=1S/C25H27N3O2.HI/c26-24(28-22-15-16-30-23-14-8-7-13-21(22)23)27-18-25(29,20-11-5-2-6-12-20)17-19-9-3-1-4-10-19;/h1-14,22,29H,15-18H2,(H3,26,27,28);1H. The lowest BCUT2D eigenvalue weighted by molar-refractivity contribution is 0.0467. The van der Waals surface area contributed by atoms with Gasteiger partial charge in [0.15, 0.2) is 5.96 Å². The lowest BCUT2D eigenvalue weighted by Gasteiger charge is -2.29. The Morgan fingerprint density at radius 1 is 1.00 bits per heavy atom. The van der Waals surface area contributed by atoms with Gasteiger partial charge in [0.05, 0.1) is 19.2 Å². The van der Waals surface area contributed by atoms with E-state index in [1.165, 1.54) is 0 Å². The second-order valence-electron chi connectivity index (χ2n) is 7.63. The molecule has 0 fully saturated rings. The van der Waals surface area contributed by atoms with E-state index in [1.807, 2.05) is 84.9 Å². The maximum Gasteiger partial charge on any atom is 0.189 e. The summed E-state index contributed by atoms with van der Waals surface area (Å²) in [4.78, 5) is 4.53. The predicted octanol–water partition coefficient (Wildman–Crippen LogP) is 4.16. The minimum atomic E-state index is -1.15. The number of ether oxygens (including phenoxy) is 1. The molecule has 4 N–H and O–H groups in total. The van der Waals surface area contributed by atoms with Gasteiger partial charge in [-0.25, -0.2) is 0 Å². The molecule has 6 heteroatoms. The number of fused-ring (bicyclic) bond motifs is 1. The van der Waals surface area contributed by atoms with Gasteiger partial charge in [0.1, 0.15) is 11.4 Å². The van der Waals surface area contributed by atoms with E-state index in [4.69, 9.17) is 10.5 Å². The largest absolute Gasteiger partial charge is 0.493 e. The number of rotatable bonds is 6. The lowest BCUT2D eigenvalue weighted by Crippen LogP contribution is -2.39. The molecule has 0 amide bonds. The van der Waals surface area contributed by atoms with Gasteiger partial charge >= 0.3 is 0 Å². The number of nitrogens with one attached hydrogen (secondary N) is 1. The Labute approximate surface area is 200 Å². The Balaban J connectivity index is 0.00000272. The minimum Gasteiger partial charge on any atom is -0.493 e. The van der Waals surface area contributed by atoms with Crippen molar-refractivity contribution in [3.05, 3.63) is 102 Å². The summed E-state index contributed by atoms with van der Waals surface area (Å²) in [5.74, 6) is 1.19. The Kier molecular flexibility index (Phi) is 7.92. The van der Waals surface area contributed by atoms with Crippen LogP contribution in [0, 0.1) is 0 Å². The molecule has 2 unspecified atom stereocenters. The summed E-state index contributed by atoms with van der Waals surface area (Å²) < 4.78 is 5.71. The number of nitrogens with zero attached hydrogens (tertiary/aromatic N) is 1. The molecule has 3 aromatic carbocycles. The van der Waals surface area contributed by atoms with Crippen molar-refractivity contribution in [2.24, 2.45) is 10.7 Å². The second-order valence-corrected chi connectivity index (χ2v) is 7.63. The molecule has 1 aliphatic rings. The van der Waals surface area contributed by atoms with Crippen LogP contribution < -0.4 is 15.8 Å². The molecule has 0 aromatic heterocycles. The molecule has 1 heterocycles. The van der Waals surface area contributed by atoms with Crippen LogP contribution in [0.5, 0.6) is 5.75 Å². The van der Waals surface area contributed by atoms with E-state index in [0.29, 0.717) is 19.0 Å². The van der Waals surface area contributed by atoms with Crippen LogP contribution in [0.25, 0.3) is 0 Å². The highest BCUT2D eigenvalue weighted by Crippen LogP contribution is 2.31. The van der Waals surface area contributed by atoms with E-state index in [2.05, 4.69) is 10.3 Å². The maximum atomic E-state index is 11.5. The average molecular weight is 529 g/mol. The Hall–Kier alpha value is -2.58. The fourth-order valence-electron chi connectivity index (χ4n) is 3.86. The SMILES string of the molecule is I.NC(=NCC(O)(Cc1ccccc1)c1ccccc1)NC1CCOc2ccccc21. The molecule has 0 radical (unpaired) electrons. The number of benzene rings is 3. The lowest BCUT2D eigenvalue weighted by atomic mass is 9.87. The Morgan fingerprint density at radius 3 is 2.39 bits per heavy atom. The maximum absolute atomic E-state index is 11.5. The normalized spacial score (nSPS) is 17.5. The highest BCUT2D eigenvalue weighted by Gasteiger charge is 2.30. The van der Waals surface area contributed by atoms with Gasteiger partial charge in [-0.05, 0) is 17.2 Å². The third-order valence-corrected chi connectivity index (χ3v) is 5.44. The number of guanidine groups is 1. The molecule has 162 valence electrons. The summed E-state index contributed by atoms with van der Waals surface area (Å²) in [5.41, 5.74) is 8.02. The van der Waals surface area contributed by atoms with Crippen LogP contribution in [-0.2, 0) is 12.0 Å². The zero-order chi connectivity index (χ0) is 20.8. The summed E-state index contributed by atoms with van der Waals surface area (Å²) in [6.07, 6.45) is 1.26. The first-order valence-electron chi connectivity index (χ1n) is 10.2. The summed E-state index contributed by atoms with van der Waals surface area (Å²) in [6.45, 7) is 0.791. The third-order valence-electron chi connectivity index (χ3n) is 5.44. The van der Waals surface area contributed by atoms with Gasteiger partial charge in [-0.2, -0.15) is 0 Å². The zero-order valence-electron chi connectivity index (χ0n) is 17.3. The first kappa shape index (κ1) is 23.1. The number of hydrogen-bond acceptors (Lipinski definition) is 3. The number of nitrogens with two attached hydrogens (primary N) is 1. The zero-order valence-corrected chi connectivity index (χ0v) is 19.6. The van der Waals surface area contributed by atoms with Crippen molar-refractivity contribution in [1.29, 1.82) is 0 Å². The predicted molar refractivity (Wildman–Crippen MR) is 135 cm³/mol. The van der Waals surface area contributed by atoms with Crippen LogP contribution in [0.15, 0.2) is 89.9 Å². The summed E-state index contributed by atoms with van der Waals surface area (Å²) in [5, 5.41) is 14.8. The fourth-order valence-corrected chi connectivity index (χ4v) is 3.86. The van der Waals surface area contributed by atoms with E-state index in [-0.39, 0.29) is 36.6 Å². The molecular formula is C25H28IN3O2. The second kappa shape index (κ2) is 10.6. The van der Waals surface area contributed by atoms with Gasteiger partial charge < -0.3 is 20.9 Å². The van der Waals surface area contributed by atoms with Crippen LogP contribution in [0.3, 0.4) is 0 Å². The van der Waals surface area contributed by atoms with Crippen LogP contribution in [0.1, 0.15) is 29.2 Å². The van der Waals surface area contributed by atoms with Crippen LogP contribution >= 0.6 is 24.0 Å². The fraction of sp³-hybridized carbons (Fsp3) is 0.240. The van der Waals surface area contributed by atoms with Gasteiger partial charge in [0, 0.05) is 18.4 Å². The van der Waals surface area contributed by atoms with Gasteiger partial charge in [-0.1, -0.05) is 78.9 Å². The molecule has 3 aromatic rings. The molecule has 0 spiro atoms. The molecule has 31 heavy (non-hydrogen) atoms. The van der Waals surface area contributed by atoms with Crippen molar-refractivity contribution in [1.82, 2.24) is 5.32 Å². The molecule has 0 saturated heterocycles. The smallest absolute Gasteiger partial charge is 0.189 e. The quantitative estimate of drug-likeness (QED) is 0.255. The molecule has 1 aliphatic heterocycles. The molecule has 0 saturated carbocycles. The van der Waals surface area contributed by atoms with Gasteiger partial charge in [-0.15, -0.1) is 24.0 Å². The Bertz CT molecular complexity index is 998. The van der Waals surface area contributed by atoms with E-state index < -0.39 is 5.60 Å². The number of aliphatic hydroxyl groups is 1. The molecule has 5 nitrogen and oxygen atoms in total. The first-order valence-corrected chi connectivity index (χ1v) is 10.2. The minimum absolute atomic E-state index is 0. The van der Waals surface area contributed by atoms with Gasteiger partial charge in [-0.3, -0.25) is 4.99 Å². The Morgan fingerprint density at radius 2 is 1.65 bits per heavy atom. The number of para-hydroxylation sites is 1. The molecule has 2 atom stereocenters. The van der Waals surface area contributed by atoms with Crippen molar-refractivity contribution in [3.8, 4) is 5.75 Å².